The average Bonchev–Trinajstić information content (AvgIpc) is 2.03. The molecule has 0 heterocycles. The zero-order valence-corrected chi connectivity index (χ0v) is 8.43. The van der Waals surface area contributed by atoms with Crippen LogP contribution in [-0.4, -0.2) is 13.1 Å². The van der Waals surface area contributed by atoms with Crippen molar-refractivity contribution < 1.29 is 0 Å². The lowest BCUT2D eigenvalue weighted by Gasteiger charge is -2.06. The summed E-state index contributed by atoms with van der Waals surface area (Å²) in [6.07, 6.45) is 2.49. The van der Waals surface area contributed by atoms with E-state index in [1.54, 1.807) is 0 Å². The van der Waals surface area contributed by atoms with Crippen LogP contribution in [0.4, 0.5) is 0 Å². The van der Waals surface area contributed by atoms with Crippen molar-refractivity contribution in [2.45, 2.75) is 33.6 Å². The molecule has 1 atom stereocenters. The van der Waals surface area contributed by atoms with Gasteiger partial charge in [0.25, 0.3) is 0 Å². The van der Waals surface area contributed by atoms with E-state index in [1.807, 2.05) is 6.92 Å². The second-order valence-electron chi connectivity index (χ2n) is 3.77. The fourth-order valence-electron chi connectivity index (χ4n) is 1.000. The van der Waals surface area contributed by atoms with Gasteiger partial charge in [-0.25, -0.2) is 0 Å². The maximum atomic E-state index is 8.49. The normalized spacial score (nSPS) is 12.9. The quantitative estimate of drug-likeness (QED) is 0.617. The van der Waals surface area contributed by atoms with Crippen LogP contribution in [0.2, 0.25) is 0 Å². The Hall–Kier alpha value is -0.550. The maximum Gasteiger partial charge on any atom is 0.0666 e. The molecule has 70 valence electrons. The van der Waals surface area contributed by atoms with Crippen LogP contribution in [0.3, 0.4) is 0 Å². The van der Waals surface area contributed by atoms with Gasteiger partial charge in [-0.1, -0.05) is 13.8 Å². The Bertz CT molecular complexity index is 135. The van der Waals surface area contributed by atoms with Crippen molar-refractivity contribution in [3.8, 4) is 6.07 Å². The van der Waals surface area contributed by atoms with Crippen molar-refractivity contribution in [3.05, 3.63) is 0 Å². The standard InChI is InChI=1S/C10H20N2/c1-9(2)5-4-6-12-8-10(3)7-11/h9-10,12H,4-6,8H2,1-3H3. The van der Waals surface area contributed by atoms with Crippen molar-refractivity contribution in [1.82, 2.24) is 5.32 Å². The van der Waals surface area contributed by atoms with E-state index in [0.717, 1.165) is 19.0 Å². The molecule has 1 N–H and O–H groups in total. The van der Waals surface area contributed by atoms with Crippen LogP contribution >= 0.6 is 0 Å². The summed E-state index contributed by atoms with van der Waals surface area (Å²) in [6.45, 7) is 8.28. The molecule has 2 heteroatoms. The molecule has 12 heavy (non-hydrogen) atoms. The predicted octanol–water partition coefficient (Wildman–Crippen LogP) is 2.17. The van der Waals surface area contributed by atoms with E-state index >= 15 is 0 Å². The SMILES string of the molecule is CC(C)CCCNCC(C)C#N. The van der Waals surface area contributed by atoms with Gasteiger partial charge in [-0.2, -0.15) is 5.26 Å². The van der Waals surface area contributed by atoms with Crippen molar-refractivity contribution in [2.24, 2.45) is 11.8 Å². The molecule has 2 nitrogen and oxygen atoms in total. The minimum Gasteiger partial charge on any atom is -0.315 e. The first-order chi connectivity index (χ1) is 5.66. The van der Waals surface area contributed by atoms with Crippen molar-refractivity contribution in [2.75, 3.05) is 13.1 Å². The third-order valence-corrected chi connectivity index (χ3v) is 1.81. The van der Waals surface area contributed by atoms with Gasteiger partial charge in [0.2, 0.25) is 0 Å². The molecule has 0 saturated carbocycles. The monoisotopic (exact) mass is 168 g/mol. The molecule has 0 aliphatic heterocycles. The summed E-state index contributed by atoms with van der Waals surface area (Å²) < 4.78 is 0. The molecule has 0 aromatic carbocycles. The largest absolute Gasteiger partial charge is 0.315 e. The Morgan fingerprint density at radius 3 is 2.50 bits per heavy atom. The average molecular weight is 168 g/mol. The Morgan fingerprint density at radius 1 is 1.33 bits per heavy atom. The van der Waals surface area contributed by atoms with Gasteiger partial charge in [-0.15, -0.1) is 0 Å². The summed E-state index contributed by atoms with van der Waals surface area (Å²) in [6, 6.07) is 2.20. The lowest BCUT2D eigenvalue weighted by atomic mass is 10.1. The molecule has 1 unspecified atom stereocenters. The van der Waals surface area contributed by atoms with Crippen LogP contribution in [0, 0.1) is 23.2 Å². The van der Waals surface area contributed by atoms with E-state index in [0.29, 0.717) is 0 Å². The zero-order chi connectivity index (χ0) is 9.40. The van der Waals surface area contributed by atoms with Gasteiger partial charge in [-0.3, -0.25) is 0 Å². The summed E-state index contributed by atoms with van der Waals surface area (Å²) in [4.78, 5) is 0. The molecule has 0 bridgehead atoms. The minimum absolute atomic E-state index is 0.143. The molecule has 0 amide bonds. The van der Waals surface area contributed by atoms with Gasteiger partial charge in [0.1, 0.15) is 0 Å². The number of hydrogen-bond acceptors (Lipinski definition) is 2. The lowest BCUT2D eigenvalue weighted by Crippen LogP contribution is -2.21. The minimum atomic E-state index is 0.143. The Labute approximate surface area is 76.0 Å². The first kappa shape index (κ1) is 11.4. The van der Waals surface area contributed by atoms with Crippen LogP contribution in [0.1, 0.15) is 33.6 Å². The predicted molar refractivity (Wildman–Crippen MR) is 51.7 cm³/mol. The summed E-state index contributed by atoms with van der Waals surface area (Å²) in [5, 5.41) is 11.8. The highest BCUT2D eigenvalue weighted by molar-refractivity contribution is 4.79. The van der Waals surface area contributed by atoms with Gasteiger partial charge in [0.05, 0.1) is 12.0 Å². The van der Waals surface area contributed by atoms with Crippen LogP contribution in [0.25, 0.3) is 0 Å². The molecule has 0 aromatic rings. The number of hydrogen-bond donors (Lipinski definition) is 1. The third-order valence-electron chi connectivity index (χ3n) is 1.81. The fraction of sp³-hybridized carbons (Fsp3) is 0.900. The number of nitrogens with zero attached hydrogens (tertiary/aromatic N) is 1. The van der Waals surface area contributed by atoms with Crippen molar-refractivity contribution in [1.29, 1.82) is 5.26 Å². The molecule has 0 rings (SSSR count). The molecule has 0 aliphatic carbocycles. The van der Waals surface area contributed by atoms with Gasteiger partial charge in [-0.05, 0) is 32.2 Å². The van der Waals surface area contributed by atoms with E-state index in [1.165, 1.54) is 12.8 Å². The van der Waals surface area contributed by atoms with Gasteiger partial charge in [0, 0.05) is 6.54 Å². The van der Waals surface area contributed by atoms with Crippen LogP contribution < -0.4 is 5.32 Å². The summed E-state index contributed by atoms with van der Waals surface area (Å²) in [5.41, 5.74) is 0. The zero-order valence-electron chi connectivity index (χ0n) is 8.43. The van der Waals surface area contributed by atoms with E-state index in [2.05, 4.69) is 25.2 Å². The van der Waals surface area contributed by atoms with Crippen molar-refractivity contribution >= 4 is 0 Å². The number of rotatable bonds is 6. The van der Waals surface area contributed by atoms with E-state index in [4.69, 9.17) is 5.26 Å². The van der Waals surface area contributed by atoms with Gasteiger partial charge < -0.3 is 5.32 Å². The van der Waals surface area contributed by atoms with Gasteiger partial charge in [0.15, 0.2) is 0 Å². The van der Waals surface area contributed by atoms with Crippen LogP contribution in [0.15, 0.2) is 0 Å². The molecular formula is C10H20N2. The van der Waals surface area contributed by atoms with Gasteiger partial charge >= 0.3 is 0 Å². The smallest absolute Gasteiger partial charge is 0.0666 e. The van der Waals surface area contributed by atoms with Crippen LogP contribution in [-0.2, 0) is 0 Å². The highest BCUT2D eigenvalue weighted by Crippen LogP contribution is 2.01. The van der Waals surface area contributed by atoms with E-state index in [9.17, 15) is 0 Å². The molecule has 0 fully saturated rings. The fourth-order valence-corrected chi connectivity index (χ4v) is 1.000. The Balaban J connectivity index is 3.07. The summed E-state index contributed by atoms with van der Waals surface area (Å²) in [7, 11) is 0. The number of nitrogens with one attached hydrogen (secondary N) is 1. The molecule has 0 aromatic heterocycles. The second-order valence-corrected chi connectivity index (χ2v) is 3.77. The summed E-state index contributed by atoms with van der Waals surface area (Å²) >= 11 is 0. The molecular weight excluding hydrogens is 148 g/mol. The highest BCUT2D eigenvalue weighted by atomic mass is 14.8. The highest BCUT2D eigenvalue weighted by Gasteiger charge is 1.97. The van der Waals surface area contributed by atoms with E-state index in [-0.39, 0.29) is 5.92 Å². The first-order valence-corrected chi connectivity index (χ1v) is 4.77. The number of nitriles is 1. The second kappa shape index (κ2) is 7.12. The van der Waals surface area contributed by atoms with E-state index < -0.39 is 0 Å². The third kappa shape index (κ3) is 7.56. The lowest BCUT2D eigenvalue weighted by molar-refractivity contribution is 0.513. The Morgan fingerprint density at radius 2 is 2.00 bits per heavy atom. The molecule has 0 spiro atoms. The summed E-state index contributed by atoms with van der Waals surface area (Å²) in [5.74, 6) is 0.934. The maximum absolute atomic E-state index is 8.49. The molecule has 0 saturated heterocycles. The molecule has 0 aliphatic rings. The first-order valence-electron chi connectivity index (χ1n) is 4.77. The Kier molecular flexibility index (Phi) is 6.79. The van der Waals surface area contributed by atoms with Crippen LogP contribution in [0.5, 0.6) is 0 Å². The van der Waals surface area contributed by atoms with Crippen molar-refractivity contribution in [3.63, 3.8) is 0 Å². The topological polar surface area (TPSA) is 35.8 Å². The molecule has 0 radical (unpaired) electrons.